The maximum absolute atomic E-state index is 2.49. The SMILES string of the molecule is CC(C)C(C)C(C)C1C(C)CC(C)C1C. The van der Waals surface area contributed by atoms with Crippen LogP contribution in [0.25, 0.3) is 0 Å². The molecule has 0 aromatic rings. The minimum atomic E-state index is 0.829. The van der Waals surface area contributed by atoms with Crippen molar-refractivity contribution in [2.75, 3.05) is 0 Å². The van der Waals surface area contributed by atoms with E-state index in [9.17, 15) is 0 Å². The van der Waals surface area contributed by atoms with E-state index in [0.29, 0.717) is 0 Å². The lowest BCUT2D eigenvalue weighted by Gasteiger charge is -2.34. The Hall–Kier alpha value is 0. The normalized spacial score (nSPS) is 40.8. The first-order valence-corrected chi connectivity index (χ1v) is 6.86. The standard InChI is InChI=1S/C15H30/c1-9(2)12(5)14(7)15-11(4)8-10(3)13(15)6/h9-15H,8H2,1-7H3. The van der Waals surface area contributed by atoms with Crippen molar-refractivity contribution in [2.24, 2.45) is 41.4 Å². The summed E-state index contributed by atoms with van der Waals surface area (Å²) in [6.07, 6.45) is 1.45. The molecule has 90 valence electrons. The van der Waals surface area contributed by atoms with Crippen molar-refractivity contribution < 1.29 is 0 Å². The van der Waals surface area contributed by atoms with E-state index in [0.717, 1.165) is 41.4 Å². The van der Waals surface area contributed by atoms with Crippen molar-refractivity contribution >= 4 is 0 Å². The average Bonchev–Trinajstić information content (AvgIpc) is 2.39. The number of hydrogen-bond acceptors (Lipinski definition) is 0. The molecule has 0 spiro atoms. The van der Waals surface area contributed by atoms with Crippen LogP contribution in [0, 0.1) is 41.4 Å². The summed E-state index contributed by atoms with van der Waals surface area (Å²) >= 11 is 0. The Bertz CT molecular complexity index is 194. The first-order valence-electron chi connectivity index (χ1n) is 6.86. The van der Waals surface area contributed by atoms with Crippen LogP contribution in [-0.4, -0.2) is 0 Å². The lowest BCUT2D eigenvalue weighted by Crippen LogP contribution is -2.28. The molecule has 0 aromatic carbocycles. The second-order valence-corrected chi connectivity index (χ2v) is 6.59. The van der Waals surface area contributed by atoms with Crippen LogP contribution in [0.5, 0.6) is 0 Å². The van der Waals surface area contributed by atoms with Gasteiger partial charge < -0.3 is 0 Å². The van der Waals surface area contributed by atoms with E-state index in [-0.39, 0.29) is 0 Å². The Morgan fingerprint density at radius 2 is 1.40 bits per heavy atom. The van der Waals surface area contributed by atoms with E-state index >= 15 is 0 Å². The third kappa shape index (κ3) is 2.57. The van der Waals surface area contributed by atoms with Crippen molar-refractivity contribution in [3.63, 3.8) is 0 Å². The molecule has 1 aliphatic carbocycles. The van der Waals surface area contributed by atoms with Crippen molar-refractivity contribution in [3.05, 3.63) is 0 Å². The summed E-state index contributed by atoms with van der Waals surface area (Å²) in [5.74, 6) is 6.34. The molecule has 0 N–H and O–H groups in total. The fraction of sp³-hybridized carbons (Fsp3) is 1.00. The summed E-state index contributed by atoms with van der Waals surface area (Å²) in [5, 5.41) is 0. The molecule has 1 aliphatic rings. The van der Waals surface area contributed by atoms with E-state index in [4.69, 9.17) is 0 Å². The number of hydrogen-bond donors (Lipinski definition) is 0. The molecule has 6 atom stereocenters. The molecule has 15 heavy (non-hydrogen) atoms. The minimum absolute atomic E-state index is 0.829. The topological polar surface area (TPSA) is 0 Å². The van der Waals surface area contributed by atoms with Crippen LogP contribution in [-0.2, 0) is 0 Å². The molecular weight excluding hydrogens is 180 g/mol. The highest BCUT2D eigenvalue weighted by molar-refractivity contribution is 4.89. The zero-order valence-electron chi connectivity index (χ0n) is 11.7. The van der Waals surface area contributed by atoms with Gasteiger partial charge in [0, 0.05) is 0 Å². The van der Waals surface area contributed by atoms with Gasteiger partial charge in [-0.3, -0.25) is 0 Å². The Balaban J connectivity index is 2.70. The summed E-state index contributed by atoms with van der Waals surface area (Å²) < 4.78 is 0. The summed E-state index contributed by atoms with van der Waals surface area (Å²) in [4.78, 5) is 0. The van der Waals surface area contributed by atoms with Gasteiger partial charge in [0.2, 0.25) is 0 Å². The monoisotopic (exact) mass is 210 g/mol. The van der Waals surface area contributed by atoms with Gasteiger partial charge in [0.05, 0.1) is 0 Å². The van der Waals surface area contributed by atoms with E-state index in [1.54, 1.807) is 0 Å². The largest absolute Gasteiger partial charge is 0.0625 e. The van der Waals surface area contributed by atoms with Gasteiger partial charge >= 0.3 is 0 Å². The van der Waals surface area contributed by atoms with Crippen LogP contribution < -0.4 is 0 Å². The van der Waals surface area contributed by atoms with Crippen molar-refractivity contribution in [2.45, 2.75) is 54.9 Å². The third-order valence-electron chi connectivity index (χ3n) is 5.39. The molecule has 1 saturated carbocycles. The fourth-order valence-corrected chi connectivity index (χ4v) is 3.81. The fourth-order valence-electron chi connectivity index (χ4n) is 3.81. The van der Waals surface area contributed by atoms with Gasteiger partial charge in [-0.15, -0.1) is 0 Å². The van der Waals surface area contributed by atoms with Crippen molar-refractivity contribution in [1.82, 2.24) is 0 Å². The van der Waals surface area contributed by atoms with Crippen LogP contribution in [0.3, 0.4) is 0 Å². The highest BCUT2D eigenvalue weighted by atomic mass is 14.5. The predicted octanol–water partition coefficient (Wildman–Crippen LogP) is 4.84. The third-order valence-corrected chi connectivity index (χ3v) is 5.39. The molecule has 0 heteroatoms. The minimum Gasteiger partial charge on any atom is -0.0625 e. The molecule has 0 aromatic heterocycles. The molecular formula is C15H30. The second-order valence-electron chi connectivity index (χ2n) is 6.59. The Labute approximate surface area is 96.8 Å². The molecule has 0 amide bonds. The van der Waals surface area contributed by atoms with Gasteiger partial charge in [-0.1, -0.05) is 48.5 Å². The van der Waals surface area contributed by atoms with Crippen LogP contribution in [0.2, 0.25) is 0 Å². The molecule has 6 unspecified atom stereocenters. The Morgan fingerprint density at radius 3 is 1.73 bits per heavy atom. The molecule has 0 nitrogen and oxygen atoms in total. The maximum Gasteiger partial charge on any atom is -0.0332 e. The highest BCUT2D eigenvalue weighted by Gasteiger charge is 2.40. The Morgan fingerprint density at radius 1 is 0.867 bits per heavy atom. The second kappa shape index (κ2) is 4.89. The number of rotatable bonds is 3. The van der Waals surface area contributed by atoms with Gasteiger partial charge in [-0.25, -0.2) is 0 Å². The van der Waals surface area contributed by atoms with Crippen molar-refractivity contribution in [3.8, 4) is 0 Å². The summed E-state index contributed by atoms with van der Waals surface area (Å²) in [5.41, 5.74) is 0. The average molecular weight is 210 g/mol. The van der Waals surface area contributed by atoms with E-state index in [1.807, 2.05) is 0 Å². The van der Waals surface area contributed by atoms with Crippen molar-refractivity contribution in [1.29, 1.82) is 0 Å². The summed E-state index contributed by atoms with van der Waals surface area (Å²) in [7, 11) is 0. The molecule has 1 fully saturated rings. The lowest BCUT2D eigenvalue weighted by molar-refractivity contribution is 0.144. The zero-order chi connectivity index (χ0) is 11.7. The van der Waals surface area contributed by atoms with Crippen LogP contribution in [0.1, 0.15) is 54.9 Å². The van der Waals surface area contributed by atoms with Gasteiger partial charge in [0.15, 0.2) is 0 Å². The van der Waals surface area contributed by atoms with E-state index < -0.39 is 0 Å². The molecule has 1 rings (SSSR count). The first-order chi connectivity index (χ1) is 6.86. The maximum atomic E-state index is 2.49. The van der Waals surface area contributed by atoms with Gasteiger partial charge in [0.1, 0.15) is 0 Å². The predicted molar refractivity (Wildman–Crippen MR) is 68.8 cm³/mol. The Kier molecular flexibility index (Phi) is 4.26. The van der Waals surface area contributed by atoms with Gasteiger partial charge in [-0.05, 0) is 47.8 Å². The zero-order valence-corrected chi connectivity index (χ0v) is 11.7. The first kappa shape index (κ1) is 13.1. The highest BCUT2D eigenvalue weighted by Crippen LogP contribution is 2.47. The van der Waals surface area contributed by atoms with Crippen LogP contribution in [0.4, 0.5) is 0 Å². The van der Waals surface area contributed by atoms with E-state index in [1.165, 1.54) is 6.42 Å². The summed E-state index contributed by atoms with van der Waals surface area (Å²) in [6, 6.07) is 0. The molecule has 0 radical (unpaired) electrons. The molecule has 0 heterocycles. The molecule has 0 aliphatic heterocycles. The smallest absolute Gasteiger partial charge is 0.0332 e. The molecule has 0 bridgehead atoms. The van der Waals surface area contributed by atoms with Crippen LogP contribution >= 0.6 is 0 Å². The molecule has 0 saturated heterocycles. The quantitative estimate of drug-likeness (QED) is 0.625. The van der Waals surface area contributed by atoms with Gasteiger partial charge in [-0.2, -0.15) is 0 Å². The van der Waals surface area contributed by atoms with E-state index in [2.05, 4.69) is 48.5 Å². The van der Waals surface area contributed by atoms with Crippen LogP contribution in [0.15, 0.2) is 0 Å². The summed E-state index contributed by atoms with van der Waals surface area (Å²) in [6.45, 7) is 17.0. The lowest BCUT2D eigenvalue weighted by atomic mass is 9.71. The van der Waals surface area contributed by atoms with Gasteiger partial charge in [0.25, 0.3) is 0 Å².